The van der Waals surface area contributed by atoms with E-state index in [1.165, 1.54) is 0 Å². The Bertz CT molecular complexity index is 1680. The fourth-order valence-corrected chi connectivity index (χ4v) is 5.15. The van der Waals surface area contributed by atoms with Gasteiger partial charge in [0.15, 0.2) is 5.65 Å². The Hall–Kier alpha value is -4.50. The predicted molar refractivity (Wildman–Crippen MR) is 155 cm³/mol. The second-order valence-corrected chi connectivity index (χ2v) is 11.0. The van der Waals surface area contributed by atoms with E-state index < -0.39 is 5.60 Å². The minimum atomic E-state index is -0.499. The summed E-state index contributed by atoms with van der Waals surface area (Å²) in [5.41, 5.74) is 6.38. The highest BCUT2D eigenvalue weighted by Crippen LogP contribution is 2.31. The molecule has 1 N–H and O–H groups in total. The van der Waals surface area contributed by atoms with Crippen molar-refractivity contribution in [1.82, 2.24) is 24.5 Å². The molecule has 6 rings (SSSR count). The average Bonchev–Trinajstić information content (AvgIpc) is 3.38. The predicted octanol–water partition coefficient (Wildman–Crippen LogP) is 5.16. The number of para-hydroxylation sites is 1. The smallest absolute Gasteiger partial charge is 0.410 e. The number of pyridine rings is 1. The second kappa shape index (κ2) is 10.2. The minimum absolute atomic E-state index is 0.200. The lowest BCUT2D eigenvalue weighted by Gasteiger charge is -2.36. The molecule has 0 bridgehead atoms. The molecule has 4 heterocycles. The SMILES string of the molecule is CC(C)(C)OC(=O)N1CCN(c2ccc(-c3cc4ncc(-c5ccnc6ccccc56)n4nc3CO)cc2)CC1. The monoisotopic (exact) mass is 536 g/mol. The van der Waals surface area contributed by atoms with Crippen molar-refractivity contribution in [3.05, 3.63) is 78.8 Å². The van der Waals surface area contributed by atoms with Crippen LogP contribution in [0.4, 0.5) is 10.5 Å². The van der Waals surface area contributed by atoms with Gasteiger partial charge in [0.2, 0.25) is 0 Å². The number of hydrogen-bond acceptors (Lipinski definition) is 7. The number of benzene rings is 2. The van der Waals surface area contributed by atoms with Crippen molar-refractivity contribution in [2.75, 3.05) is 31.1 Å². The van der Waals surface area contributed by atoms with E-state index >= 15 is 0 Å². The summed E-state index contributed by atoms with van der Waals surface area (Å²) in [6, 6.07) is 20.2. The van der Waals surface area contributed by atoms with Gasteiger partial charge >= 0.3 is 6.09 Å². The van der Waals surface area contributed by atoms with Gasteiger partial charge < -0.3 is 19.6 Å². The Morgan fingerprint density at radius 3 is 2.42 bits per heavy atom. The number of carbonyl (C=O) groups is 1. The molecule has 0 unspecified atom stereocenters. The van der Waals surface area contributed by atoms with Crippen molar-refractivity contribution in [1.29, 1.82) is 0 Å². The van der Waals surface area contributed by atoms with Gasteiger partial charge in [0.05, 0.1) is 29.7 Å². The highest BCUT2D eigenvalue weighted by molar-refractivity contribution is 5.93. The molecule has 3 aromatic heterocycles. The van der Waals surface area contributed by atoms with Crippen molar-refractivity contribution < 1.29 is 14.6 Å². The quantitative estimate of drug-likeness (QED) is 0.339. The molecule has 0 spiro atoms. The molecule has 9 heteroatoms. The van der Waals surface area contributed by atoms with E-state index in [-0.39, 0.29) is 12.7 Å². The van der Waals surface area contributed by atoms with Crippen molar-refractivity contribution in [2.45, 2.75) is 33.0 Å². The highest BCUT2D eigenvalue weighted by Gasteiger charge is 2.26. The number of ether oxygens (including phenoxy) is 1. The lowest BCUT2D eigenvalue weighted by atomic mass is 10.0. The number of anilines is 1. The van der Waals surface area contributed by atoms with Crippen LogP contribution >= 0.6 is 0 Å². The van der Waals surface area contributed by atoms with Crippen molar-refractivity contribution in [3.63, 3.8) is 0 Å². The van der Waals surface area contributed by atoms with Crippen molar-refractivity contribution in [2.24, 2.45) is 0 Å². The van der Waals surface area contributed by atoms with E-state index in [0.29, 0.717) is 24.4 Å². The molecule has 1 aliphatic heterocycles. The van der Waals surface area contributed by atoms with Gasteiger partial charge in [-0.05, 0) is 56.7 Å². The molecule has 0 atom stereocenters. The van der Waals surface area contributed by atoms with Crippen LogP contribution in [0.5, 0.6) is 0 Å². The summed E-state index contributed by atoms with van der Waals surface area (Å²) >= 11 is 0. The number of aliphatic hydroxyl groups is 1. The van der Waals surface area contributed by atoms with E-state index in [1.54, 1.807) is 15.6 Å². The van der Waals surface area contributed by atoms with Gasteiger partial charge in [-0.15, -0.1) is 0 Å². The van der Waals surface area contributed by atoms with Crippen molar-refractivity contribution >= 4 is 28.3 Å². The first kappa shape index (κ1) is 25.8. The normalized spacial score (nSPS) is 14.2. The van der Waals surface area contributed by atoms with Gasteiger partial charge in [-0.3, -0.25) is 4.98 Å². The molecule has 204 valence electrons. The van der Waals surface area contributed by atoms with Gasteiger partial charge in [-0.1, -0.05) is 30.3 Å². The number of aliphatic hydroxyl groups excluding tert-OH is 1. The number of amides is 1. The number of piperazine rings is 1. The van der Waals surface area contributed by atoms with Crippen LogP contribution in [0.15, 0.2) is 73.1 Å². The number of fused-ring (bicyclic) bond motifs is 2. The number of nitrogens with zero attached hydrogens (tertiary/aromatic N) is 6. The Kier molecular flexibility index (Phi) is 6.59. The Labute approximate surface area is 232 Å². The Morgan fingerprint density at radius 1 is 0.950 bits per heavy atom. The van der Waals surface area contributed by atoms with Gasteiger partial charge in [-0.25, -0.2) is 14.3 Å². The van der Waals surface area contributed by atoms with E-state index in [9.17, 15) is 9.90 Å². The summed E-state index contributed by atoms with van der Waals surface area (Å²) in [5.74, 6) is 0. The van der Waals surface area contributed by atoms with E-state index in [4.69, 9.17) is 9.84 Å². The summed E-state index contributed by atoms with van der Waals surface area (Å²) in [6.45, 7) is 8.13. The summed E-state index contributed by atoms with van der Waals surface area (Å²) in [5, 5.41) is 16.1. The third-order valence-corrected chi connectivity index (χ3v) is 7.12. The van der Waals surface area contributed by atoms with Crippen LogP contribution in [-0.4, -0.2) is 67.5 Å². The zero-order chi connectivity index (χ0) is 27.9. The van der Waals surface area contributed by atoms with Gasteiger partial charge in [0.25, 0.3) is 0 Å². The van der Waals surface area contributed by atoms with Gasteiger partial charge in [-0.2, -0.15) is 5.10 Å². The minimum Gasteiger partial charge on any atom is -0.444 e. The topological polar surface area (TPSA) is 96.1 Å². The Morgan fingerprint density at radius 2 is 1.70 bits per heavy atom. The van der Waals surface area contributed by atoms with E-state index in [1.807, 2.05) is 75.5 Å². The van der Waals surface area contributed by atoms with Crippen LogP contribution in [-0.2, 0) is 11.3 Å². The zero-order valence-electron chi connectivity index (χ0n) is 22.9. The molecule has 0 radical (unpaired) electrons. The molecular weight excluding hydrogens is 504 g/mol. The molecule has 0 saturated carbocycles. The average molecular weight is 537 g/mol. The van der Waals surface area contributed by atoms with Crippen LogP contribution in [0.3, 0.4) is 0 Å². The lowest BCUT2D eigenvalue weighted by Crippen LogP contribution is -2.50. The molecule has 2 aromatic carbocycles. The van der Waals surface area contributed by atoms with Gasteiger partial charge in [0, 0.05) is 54.6 Å². The Balaban J connectivity index is 1.24. The first-order chi connectivity index (χ1) is 19.3. The van der Waals surface area contributed by atoms with E-state index in [0.717, 1.165) is 52.1 Å². The second-order valence-electron chi connectivity index (χ2n) is 11.0. The van der Waals surface area contributed by atoms with Crippen molar-refractivity contribution in [3.8, 4) is 22.4 Å². The molecular formula is C31H32N6O3. The molecule has 1 fully saturated rings. The third-order valence-electron chi connectivity index (χ3n) is 7.12. The molecule has 0 aliphatic carbocycles. The fraction of sp³-hybridized carbons (Fsp3) is 0.290. The van der Waals surface area contributed by atoms with Crippen LogP contribution in [0.2, 0.25) is 0 Å². The summed E-state index contributed by atoms with van der Waals surface area (Å²) in [4.78, 5) is 25.5. The number of carbonyl (C=O) groups excluding carboxylic acids is 1. The van der Waals surface area contributed by atoms with Crippen LogP contribution < -0.4 is 4.90 Å². The number of rotatable bonds is 4. The largest absolute Gasteiger partial charge is 0.444 e. The number of imidazole rings is 1. The maximum atomic E-state index is 12.4. The van der Waals surface area contributed by atoms with Crippen LogP contribution in [0.25, 0.3) is 38.9 Å². The first-order valence-corrected chi connectivity index (χ1v) is 13.5. The molecule has 1 saturated heterocycles. The van der Waals surface area contributed by atoms with Gasteiger partial charge in [0.1, 0.15) is 5.60 Å². The van der Waals surface area contributed by atoms with E-state index in [2.05, 4.69) is 27.0 Å². The molecule has 40 heavy (non-hydrogen) atoms. The summed E-state index contributed by atoms with van der Waals surface area (Å²) in [7, 11) is 0. The molecule has 5 aromatic rings. The molecule has 1 amide bonds. The highest BCUT2D eigenvalue weighted by atomic mass is 16.6. The van der Waals surface area contributed by atoms with Crippen LogP contribution in [0, 0.1) is 0 Å². The third kappa shape index (κ3) is 4.96. The summed E-state index contributed by atoms with van der Waals surface area (Å²) < 4.78 is 7.30. The molecule has 1 aliphatic rings. The number of hydrogen-bond donors (Lipinski definition) is 1. The zero-order valence-corrected chi connectivity index (χ0v) is 22.9. The number of aromatic nitrogens is 4. The standard InChI is InChI=1S/C31H32N6O3/c1-31(2,3)40-30(39)36-16-14-35(15-17-36)22-10-8-21(9-11-22)25-18-29-33-19-28(37(29)34-27(25)20-38)24-12-13-32-26-7-5-4-6-23(24)26/h4-13,18-19,38H,14-17,20H2,1-3H3. The fourth-order valence-electron chi connectivity index (χ4n) is 5.15. The maximum Gasteiger partial charge on any atom is 0.410 e. The van der Waals surface area contributed by atoms with Crippen LogP contribution in [0.1, 0.15) is 26.5 Å². The lowest BCUT2D eigenvalue weighted by molar-refractivity contribution is 0.0240. The summed E-state index contributed by atoms with van der Waals surface area (Å²) in [6.07, 6.45) is 3.34. The maximum absolute atomic E-state index is 12.4. The first-order valence-electron chi connectivity index (χ1n) is 13.5. The molecule has 9 nitrogen and oxygen atoms in total.